The molecule has 0 amide bonds. The molecule has 0 aliphatic carbocycles. The monoisotopic (exact) mass is 297 g/mol. The van der Waals surface area contributed by atoms with Crippen molar-refractivity contribution in [1.82, 2.24) is 5.32 Å². The maximum atomic E-state index is 5.62. The summed E-state index contributed by atoms with van der Waals surface area (Å²) in [6.07, 6.45) is 0. The quantitative estimate of drug-likeness (QED) is 0.934. The van der Waals surface area contributed by atoms with Gasteiger partial charge in [-0.05, 0) is 60.7 Å². The lowest BCUT2D eigenvalue weighted by Gasteiger charge is -2.19. The highest BCUT2D eigenvalue weighted by Gasteiger charge is 2.11. The molecule has 0 fully saturated rings. The number of nitrogens with one attached hydrogen (secondary N) is 1. The van der Waals surface area contributed by atoms with E-state index in [1.165, 1.54) is 27.8 Å². The van der Waals surface area contributed by atoms with Gasteiger partial charge in [0.2, 0.25) is 0 Å². The minimum absolute atomic E-state index is 0.631. The predicted octanol–water partition coefficient (Wildman–Crippen LogP) is 3.67. The van der Waals surface area contributed by atoms with E-state index in [4.69, 9.17) is 9.47 Å². The highest BCUT2D eigenvalue weighted by Crippen LogP contribution is 2.30. The van der Waals surface area contributed by atoms with E-state index in [9.17, 15) is 0 Å². The summed E-state index contributed by atoms with van der Waals surface area (Å²) < 4.78 is 11.2. The summed E-state index contributed by atoms with van der Waals surface area (Å²) in [5.41, 5.74) is 6.62. The highest BCUT2D eigenvalue weighted by atomic mass is 16.6. The summed E-state index contributed by atoms with van der Waals surface area (Å²) in [7, 11) is 0. The van der Waals surface area contributed by atoms with Crippen molar-refractivity contribution < 1.29 is 9.47 Å². The topological polar surface area (TPSA) is 30.5 Å². The van der Waals surface area contributed by atoms with Crippen molar-refractivity contribution in [2.24, 2.45) is 0 Å². The fourth-order valence-electron chi connectivity index (χ4n) is 2.75. The average molecular weight is 297 g/mol. The van der Waals surface area contributed by atoms with Crippen molar-refractivity contribution in [2.75, 3.05) is 13.2 Å². The lowest BCUT2D eigenvalue weighted by molar-refractivity contribution is 0.171. The van der Waals surface area contributed by atoms with Crippen molar-refractivity contribution in [3.63, 3.8) is 0 Å². The van der Waals surface area contributed by atoms with Crippen LogP contribution in [0.2, 0.25) is 0 Å². The molecule has 0 unspecified atom stereocenters. The van der Waals surface area contributed by atoms with Gasteiger partial charge in [0.15, 0.2) is 11.5 Å². The van der Waals surface area contributed by atoms with Gasteiger partial charge in [0, 0.05) is 13.1 Å². The van der Waals surface area contributed by atoms with Crippen molar-refractivity contribution in [3.05, 3.63) is 58.1 Å². The van der Waals surface area contributed by atoms with Crippen molar-refractivity contribution in [1.29, 1.82) is 0 Å². The molecule has 0 saturated carbocycles. The molecule has 0 aromatic heterocycles. The summed E-state index contributed by atoms with van der Waals surface area (Å²) in [4.78, 5) is 0. The van der Waals surface area contributed by atoms with E-state index < -0.39 is 0 Å². The zero-order chi connectivity index (χ0) is 15.5. The number of fused-ring (bicyclic) bond motifs is 1. The molecule has 3 heteroatoms. The first-order chi connectivity index (χ1) is 10.6. The van der Waals surface area contributed by atoms with Crippen LogP contribution >= 0.6 is 0 Å². The van der Waals surface area contributed by atoms with Crippen LogP contribution in [0.15, 0.2) is 30.3 Å². The van der Waals surface area contributed by atoms with Gasteiger partial charge in [-0.2, -0.15) is 0 Å². The molecule has 2 aromatic rings. The maximum Gasteiger partial charge on any atom is 0.161 e. The minimum atomic E-state index is 0.631. The summed E-state index contributed by atoms with van der Waals surface area (Å²) in [6.45, 7) is 9.47. The van der Waals surface area contributed by atoms with Crippen LogP contribution in [0.5, 0.6) is 11.5 Å². The van der Waals surface area contributed by atoms with E-state index in [1.807, 2.05) is 6.07 Å². The molecule has 0 bridgehead atoms. The molecule has 0 radical (unpaired) electrons. The third-order valence-corrected chi connectivity index (χ3v) is 4.20. The van der Waals surface area contributed by atoms with Gasteiger partial charge in [-0.1, -0.05) is 18.2 Å². The Morgan fingerprint density at radius 3 is 2.36 bits per heavy atom. The molecule has 1 aliphatic heterocycles. The Morgan fingerprint density at radius 2 is 1.55 bits per heavy atom. The second-order valence-electron chi connectivity index (χ2n) is 5.94. The van der Waals surface area contributed by atoms with Crippen LogP contribution in [-0.4, -0.2) is 13.2 Å². The normalized spacial score (nSPS) is 13.2. The number of hydrogen-bond donors (Lipinski definition) is 1. The molecule has 1 heterocycles. The largest absolute Gasteiger partial charge is 0.486 e. The zero-order valence-electron chi connectivity index (χ0n) is 13.5. The van der Waals surface area contributed by atoms with Crippen molar-refractivity contribution in [3.8, 4) is 11.5 Å². The first-order valence-electron chi connectivity index (χ1n) is 7.79. The fraction of sp³-hybridized carbons (Fsp3) is 0.368. The Bertz CT molecular complexity index is 679. The van der Waals surface area contributed by atoms with Crippen LogP contribution in [0.4, 0.5) is 0 Å². The molecular weight excluding hydrogens is 274 g/mol. The molecule has 3 rings (SSSR count). The van der Waals surface area contributed by atoms with E-state index >= 15 is 0 Å². The van der Waals surface area contributed by atoms with E-state index in [1.54, 1.807) is 0 Å². The number of rotatable bonds is 4. The van der Waals surface area contributed by atoms with Gasteiger partial charge < -0.3 is 14.8 Å². The zero-order valence-corrected chi connectivity index (χ0v) is 13.5. The van der Waals surface area contributed by atoms with Gasteiger partial charge in [0.25, 0.3) is 0 Å². The second kappa shape index (κ2) is 6.41. The maximum absolute atomic E-state index is 5.62. The molecule has 1 aliphatic rings. The number of hydrogen-bond acceptors (Lipinski definition) is 3. The Morgan fingerprint density at radius 1 is 0.818 bits per heavy atom. The fourth-order valence-corrected chi connectivity index (χ4v) is 2.75. The van der Waals surface area contributed by atoms with Gasteiger partial charge in [-0.3, -0.25) is 0 Å². The first kappa shape index (κ1) is 14.9. The second-order valence-corrected chi connectivity index (χ2v) is 5.94. The van der Waals surface area contributed by atoms with E-state index in [-0.39, 0.29) is 0 Å². The summed E-state index contributed by atoms with van der Waals surface area (Å²) in [6, 6.07) is 10.7. The number of ether oxygens (including phenoxy) is 2. The molecular formula is C19H23NO2. The highest BCUT2D eigenvalue weighted by molar-refractivity contribution is 5.43. The van der Waals surface area contributed by atoms with Crippen LogP contribution in [0.25, 0.3) is 0 Å². The molecule has 0 atom stereocenters. The Labute approximate surface area is 132 Å². The average Bonchev–Trinajstić information content (AvgIpc) is 2.52. The van der Waals surface area contributed by atoms with Crippen LogP contribution in [0.3, 0.4) is 0 Å². The smallest absolute Gasteiger partial charge is 0.161 e. The van der Waals surface area contributed by atoms with Crippen LogP contribution in [-0.2, 0) is 13.1 Å². The molecule has 0 spiro atoms. The van der Waals surface area contributed by atoms with Crippen molar-refractivity contribution >= 4 is 0 Å². The van der Waals surface area contributed by atoms with E-state index in [0.29, 0.717) is 13.2 Å². The van der Waals surface area contributed by atoms with Crippen LogP contribution in [0.1, 0.15) is 27.8 Å². The third-order valence-electron chi connectivity index (χ3n) is 4.20. The predicted molar refractivity (Wildman–Crippen MR) is 88.6 cm³/mol. The Hall–Kier alpha value is -2.00. The Balaban J connectivity index is 1.62. The summed E-state index contributed by atoms with van der Waals surface area (Å²) in [5, 5.41) is 3.52. The van der Waals surface area contributed by atoms with Gasteiger partial charge in [0.05, 0.1) is 0 Å². The van der Waals surface area contributed by atoms with E-state index in [2.05, 4.69) is 50.4 Å². The first-order valence-corrected chi connectivity index (χ1v) is 7.79. The molecule has 0 saturated heterocycles. The number of benzene rings is 2. The van der Waals surface area contributed by atoms with E-state index in [0.717, 1.165) is 24.6 Å². The summed E-state index contributed by atoms with van der Waals surface area (Å²) in [5.74, 6) is 1.70. The van der Waals surface area contributed by atoms with Crippen LogP contribution < -0.4 is 14.8 Å². The van der Waals surface area contributed by atoms with Gasteiger partial charge >= 0.3 is 0 Å². The molecule has 2 aromatic carbocycles. The molecule has 3 nitrogen and oxygen atoms in total. The third kappa shape index (κ3) is 3.25. The Kier molecular flexibility index (Phi) is 4.34. The van der Waals surface area contributed by atoms with Gasteiger partial charge in [-0.15, -0.1) is 0 Å². The van der Waals surface area contributed by atoms with Crippen molar-refractivity contribution in [2.45, 2.75) is 33.9 Å². The molecule has 116 valence electrons. The van der Waals surface area contributed by atoms with Crippen LogP contribution in [0, 0.1) is 20.8 Å². The minimum Gasteiger partial charge on any atom is -0.486 e. The molecule has 22 heavy (non-hydrogen) atoms. The standard InChI is InChI=1S/C19H23NO2/c1-13-8-15(3)17(9-14(13)2)12-20-11-16-4-5-18-19(10-16)22-7-6-21-18/h4-5,8-10,20H,6-7,11-12H2,1-3H3. The summed E-state index contributed by atoms with van der Waals surface area (Å²) >= 11 is 0. The number of aryl methyl sites for hydroxylation is 3. The molecule has 1 N–H and O–H groups in total. The SMILES string of the molecule is Cc1cc(C)c(CNCc2ccc3c(c2)OCCO3)cc1C. The van der Waals surface area contributed by atoms with Gasteiger partial charge in [-0.25, -0.2) is 0 Å². The lowest BCUT2D eigenvalue weighted by Crippen LogP contribution is -2.17. The lowest BCUT2D eigenvalue weighted by atomic mass is 10.0. The van der Waals surface area contributed by atoms with Gasteiger partial charge in [0.1, 0.15) is 13.2 Å².